The van der Waals surface area contributed by atoms with Gasteiger partial charge in [-0.05, 0) is 75.1 Å². The summed E-state index contributed by atoms with van der Waals surface area (Å²) < 4.78 is 0. The van der Waals surface area contributed by atoms with E-state index in [4.69, 9.17) is 9.97 Å². The molecular formula is C28H40N6O. The highest BCUT2D eigenvalue weighted by molar-refractivity contribution is 5.89. The molecule has 1 atom stereocenters. The van der Waals surface area contributed by atoms with Crippen LogP contribution >= 0.6 is 0 Å². The minimum absolute atomic E-state index is 0.134. The predicted molar refractivity (Wildman–Crippen MR) is 142 cm³/mol. The highest BCUT2D eigenvalue weighted by atomic mass is 16.2. The average molecular weight is 477 g/mol. The van der Waals surface area contributed by atoms with E-state index in [2.05, 4.69) is 48.1 Å². The van der Waals surface area contributed by atoms with Crippen molar-refractivity contribution in [3.05, 3.63) is 35.5 Å². The summed E-state index contributed by atoms with van der Waals surface area (Å²) in [5, 5.41) is 5.90. The van der Waals surface area contributed by atoms with Gasteiger partial charge in [0.05, 0.1) is 5.69 Å². The van der Waals surface area contributed by atoms with E-state index in [9.17, 15) is 4.79 Å². The smallest absolute Gasteiger partial charge is 0.319 e. The van der Waals surface area contributed by atoms with Crippen LogP contribution in [0.4, 0.5) is 16.3 Å². The molecule has 1 saturated heterocycles. The zero-order valence-electron chi connectivity index (χ0n) is 21.7. The van der Waals surface area contributed by atoms with E-state index >= 15 is 0 Å². The summed E-state index contributed by atoms with van der Waals surface area (Å²) in [6.45, 7) is 13.3. The quantitative estimate of drug-likeness (QED) is 0.620. The molecule has 35 heavy (non-hydrogen) atoms. The first-order valence-corrected chi connectivity index (χ1v) is 13.3. The van der Waals surface area contributed by atoms with Crippen LogP contribution in [0.1, 0.15) is 71.1 Å². The van der Waals surface area contributed by atoms with Crippen LogP contribution in [-0.2, 0) is 13.0 Å². The zero-order chi connectivity index (χ0) is 24.6. The second kappa shape index (κ2) is 9.76. The Balaban J connectivity index is 1.43. The van der Waals surface area contributed by atoms with Gasteiger partial charge in [0.15, 0.2) is 5.82 Å². The minimum Gasteiger partial charge on any atom is -0.354 e. The van der Waals surface area contributed by atoms with Gasteiger partial charge >= 0.3 is 6.03 Å². The Bertz CT molecular complexity index is 1060. The van der Waals surface area contributed by atoms with Crippen LogP contribution in [0.3, 0.4) is 0 Å². The molecule has 0 unspecified atom stereocenters. The fourth-order valence-electron chi connectivity index (χ4n) is 5.33. The van der Waals surface area contributed by atoms with E-state index in [0.717, 1.165) is 68.3 Å². The minimum atomic E-state index is -0.134. The van der Waals surface area contributed by atoms with Gasteiger partial charge in [0.1, 0.15) is 5.82 Å². The number of anilines is 2. The van der Waals surface area contributed by atoms with Gasteiger partial charge in [0, 0.05) is 55.1 Å². The van der Waals surface area contributed by atoms with E-state index in [1.165, 1.54) is 30.5 Å². The maximum atomic E-state index is 12.1. The van der Waals surface area contributed by atoms with E-state index < -0.39 is 0 Å². The number of rotatable bonds is 5. The molecule has 2 N–H and O–H groups in total. The lowest BCUT2D eigenvalue weighted by Gasteiger charge is -2.39. The van der Waals surface area contributed by atoms with Crippen LogP contribution in [0.15, 0.2) is 24.3 Å². The van der Waals surface area contributed by atoms with Crippen LogP contribution < -0.4 is 15.5 Å². The molecule has 3 aliphatic rings. The van der Waals surface area contributed by atoms with Crippen molar-refractivity contribution in [3.8, 4) is 11.4 Å². The number of hydrogen-bond donors (Lipinski definition) is 2. The van der Waals surface area contributed by atoms with E-state index in [1.807, 2.05) is 24.3 Å². The number of nitrogens with one attached hydrogen (secondary N) is 2. The van der Waals surface area contributed by atoms with Gasteiger partial charge in [0.2, 0.25) is 0 Å². The molecule has 5 rings (SSSR count). The molecule has 1 aliphatic carbocycles. The maximum Gasteiger partial charge on any atom is 0.319 e. The van der Waals surface area contributed by atoms with Crippen LogP contribution in [-0.4, -0.2) is 52.6 Å². The third-order valence-electron chi connectivity index (χ3n) is 7.21. The Labute approximate surface area is 209 Å². The Hall–Kier alpha value is -2.67. The first-order chi connectivity index (χ1) is 16.7. The van der Waals surface area contributed by atoms with Crippen molar-refractivity contribution in [2.45, 2.75) is 84.8 Å². The SMILES string of the molecule is C[C@H]1CCCCN1c1nc(-c2ccc(NC(=O)NC3CC3)cc2)nc2c1CCN(CC(C)(C)C)C2. The van der Waals surface area contributed by atoms with E-state index in [0.29, 0.717) is 12.1 Å². The average Bonchev–Trinajstić information content (AvgIpc) is 3.62. The molecule has 0 spiro atoms. The van der Waals surface area contributed by atoms with Gasteiger partial charge in [-0.3, -0.25) is 4.90 Å². The number of carbonyl (C=O) groups excluding carboxylic acids is 1. The molecule has 2 aliphatic heterocycles. The predicted octanol–water partition coefficient (Wildman–Crippen LogP) is 5.21. The fraction of sp³-hybridized carbons (Fsp3) is 0.607. The Morgan fingerprint density at radius 2 is 1.83 bits per heavy atom. The Kier molecular flexibility index (Phi) is 6.71. The molecule has 2 aromatic rings. The number of carbonyl (C=O) groups is 1. The number of piperidine rings is 1. The maximum absolute atomic E-state index is 12.1. The summed E-state index contributed by atoms with van der Waals surface area (Å²) >= 11 is 0. The van der Waals surface area contributed by atoms with Crippen molar-refractivity contribution in [2.24, 2.45) is 5.41 Å². The summed E-state index contributed by atoms with van der Waals surface area (Å²) in [5.74, 6) is 1.92. The molecule has 1 saturated carbocycles. The topological polar surface area (TPSA) is 73.4 Å². The number of benzene rings is 1. The molecule has 7 nitrogen and oxygen atoms in total. The third kappa shape index (κ3) is 5.95. The van der Waals surface area contributed by atoms with Crippen molar-refractivity contribution in [1.29, 1.82) is 0 Å². The summed E-state index contributed by atoms with van der Waals surface area (Å²) in [6.07, 6.45) is 6.88. The lowest BCUT2D eigenvalue weighted by molar-refractivity contribution is 0.174. The highest BCUT2D eigenvalue weighted by Crippen LogP contribution is 2.34. The monoisotopic (exact) mass is 476 g/mol. The van der Waals surface area contributed by atoms with Gasteiger partial charge < -0.3 is 15.5 Å². The number of aromatic nitrogens is 2. The normalized spacial score (nSPS) is 20.9. The second-order valence-corrected chi connectivity index (χ2v) is 11.8. The van der Waals surface area contributed by atoms with Gasteiger partial charge in [-0.2, -0.15) is 0 Å². The van der Waals surface area contributed by atoms with E-state index in [-0.39, 0.29) is 11.4 Å². The van der Waals surface area contributed by atoms with Crippen molar-refractivity contribution >= 4 is 17.5 Å². The number of fused-ring (bicyclic) bond motifs is 1. The molecule has 3 heterocycles. The Morgan fingerprint density at radius 3 is 2.51 bits per heavy atom. The number of amides is 2. The lowest BCUT2D eigenvalue weighted by atomic mass is 9.94. The number of hydrogen-bond acceptors (Lipinski definition) is 5. The van der Waals surface area contributed by atoms with Crippen molar-refractivity contribution in [1.82, 2.24) is 20.2 Å². The van der Waals surface area contributed by atoms with Crippen LogP contribution in [0.5, 0.6) is 0 Å². The zero-order valence-corrected chi connectivity index (χ0v) is 21.7. The van der Waals surface area contributed by atoms with Crippen molar-refractivity contribution < 1.29 is 4.79 Å². The molecule has 0 bridgehead atoms. The van der Waals surface area contributed by atoms with Gasteiger partial charge in [-0.25, -0.2) is 14.8 Å². The molecule has 7 heteroatoms. The van der Waals surface area contributed by atoms with Crippen LogP contribution in [0.2, 0.25) is 0 Å². The van der Waals surface area contributed by atoms with Gasteiger partial charge in [-0.15, -0.1) is 0 Å². The molecule has 1 aromatic heterocycles. The number of nitrogens with zero attached hydrogens (tertiary/aromatic N) is 4. The van der Waals surface area contributed by atoms with Gasteiger partial charge in [0.25, 0.3) is 0 Å². The molecule has 0 radical (unpaired) electrons. The fourth-order valence-corrected chi connectivity index (χ4v) is 5.33. The molecule has 1 aromatic carbocycles. The first-order valence-electron chi connectivity index (χ1n) is 13.3. The Morgan fingerprint density at radius 1 is 1.06 bits per heavy atom. The standard InChI is InChI=1S/C28H40N6O/c1-19-7-5-6-15-34(19)26-23-14-16-33(18-28(2,3)4)17-24(23)31-25(32-26)20-8-10-21(11-9-20)29-27(35)30-22-12-13-22/h8-11,19,22H,5-7,12-18H2,1-4H3,(H2,29,30,35)/t19-/m0/s1. The summed E-state index contributed by atoms with van der Waals surface area (Å²) in [5.41, 5.74) is 4.53. The summed E-state index contributed by atoms with van der Waals surface area (Å²) in [4.78, 5) is 27.4. The first kappa shape index (κ1) is 24.0. The molecule has 188 valence electrons. The van der Waals surface area contributed by atoms with Gasteiger partial charge in [-0.1, -0.05) is 20.8 Å². The second-order valence-electron chi connectivity index (χ2n) is 11.8. The third-order valence-corrected chi connectivity index (χ3v) is 7.21. The molecule has 2 amide bonds. The van der Waals surface area contributed by atoms with Crippen LogP contribution in [0, 0.1) is 5.41 Å². The van der Waals surface area contributed by atoms with Crippen molar-refractivity contribution in [2.75, 3.05) is 29.9 Å². The largest absolute Gasteiger partial charge is 0.354 e. The highest BCUT2D eigenvalue weighted by Gasteiger charge is 2.30. The summed E-state index contributed by atoms with van der Waals surface area (Å²) in [6, 6.07) is 8.64. The number of urea groups is 1. The van der Waals surface area contributed by atoms with Crippen molar-refractivity contribution in [3.63, 3.8) is 0 Å². The summed E-state index contributed by atoms with van der Waals surface area (Å²) in [7, 11) is 0. The van der Waals surface area contributed by atoms with E-state index in [1.54, 1.807) is 0 Å². The lowest BCUT2D eigenvalue weighted by Crippen LogP contribution is -2.41. The molecule has 2 fully saturated rings. The van der Waals surface area contributed by atoms with Crippen LogP contribution in [0.25, 0.3) is 11.4 Å². The molecular weight excluding hydrogens is 436 g/mol.